The number of nitrogens with one attached hydrogen (secondary N) is 2. The van der Waals surface area contributed by atoms with Crippen LogP contribution >= 0.6 is 23.2 Å². The van der Waals surface area contributed by atoms with Crippen LogP contribution in [0.4, 0.5) is 5.69 Å². The minimum absolute atomic E-state index is 0.153. The molecule has 0 unspecified atom stereocenters. The molecule has 0 bridgehead atoms. The van der Waals surface area contributed by atoms with Crippen LogP contribution in [0.25, 0.3) is 0 Å². The number of sulfonamides is 1. The molecule has 2 aromatic rings. The van der Waals surface area contributed by atoms with Gasteiger partial charge < -0.3 is 4.98 Å². The molecule has 6 nitrogen and oxygen atoms in total. The maximum absolute atomic E-state index is 12.0. The third-order valence-corrected chi connectivity index (χ3v) is 3.97. The molecule has 0 amide bonds. The highest BCUT2D eigenvalue weighted by atomic mass is 35.5. The Bertz CT molecular complexity index is 774. The number of aromatic nitrogens is 2. The van der Waals surface area contributed by atoms with Gasteiger partial charge in [-0.2, -0.15) is 0 Å². The summed E-state index contributed by atoms with van der Waals surface area (Å²) in [4.78, 5) is 16.9. The summed E-state index contributed by atoms with van der Waals surface area (Å²) in [5.41, 5.74) is -0.310. The minimum atomic E-state index is -3.86. The molecule has 0 saturated heterocycles. The van der Waals surface area contributed by atoms with E-state index >= 15 is 0 Å². The zero-order chi connectivity index (χ0) is 14.0. The van der Waals surface area contributed by atoms with E-state index in [1.54, 1.807) is 0 Å². The van der Waals surface area contributed by atoms with Crippen molar-refractivity contribution >= 4 is 38.9 Å². The van der Waals surface area contributed by atoms with Gasteiger partial charge in [-0.05, 0) is 18.2 Å². The van der Waals surface area contributed by atoms with Crippen molar-refractivity contribution in [2.75, 3.05) is 4.72 Å². The Balaban J connectivity index is 2.37. The Labute approximate surface area is 118 Å². The van der Waals surface area contributed by atoms with E-state index in [9.17, 15) is 13.2 Å². The molecule has 2 rings (SSSR count). The van der Waals surface area contributed by atoms with Gasteiger partial charge in [-0.25, -0.2) is 13.4 Å². The van der Waals surface area contributed by atoms with Gasteiger partial charge in [-0.3, -0.25) is 9.52 Å². The van der Waals surface area contributed by atoms with Gasteiger partial charge in [0, 0.05) is 12.4 Å². The average molecular weight is 320 g/mol. The lowest BCUT2D eigenvalue weighted by molar-refractivity contribution is 0.600. The third kappa shape index (κ3) is 3.25. The zero-order valence-electron chi connectivity index (χ0n) is 9.22. The van der Waals surface area contributed by atoms with Crippen molar-refractivity contribution in [3.63, 3.8) is 0 Å². The Morgan fingerprint density at radius 1 is 1.26 bits per heavy atom. The van der Waals surface area contributed by atoms with Crippen molar-refractivity contribution in [3.05, 3.63) is 51.1 Å². The second-order valence-electron chi connectivity index (χ2n) is 3.49. The summed E-state index contributed by atoms with van der Waals surface area (Å²) in [6.07, 6.45) is 2.42. The second-order valence-corrected chi connectivity index (χ2v) is 5.96. The number of pyridine rings is 2. The average Bonchev–Trinajstić information content (AvgIpc) is 2.32. The van der Waals surface area contributed by atoms with E-state index in [4.69, 9.17) is 23.2 Å². The summed E-state index contributed by atoms with van der Waals surface area (Å²) in [7, 11) is -3.86. The smallest absolute Gasteiger partial charge is 0.266 e. The molecule has 100 valence electrons. The van der Waals surface area contributed by atoms with E-state index in [0.29, 0.717) is 0 Å². The van der Waals surface area contributed by atoms with Gasteiger partial charge >= 0.3 is 0 Å². The Hall–Kier alpha value is -1.57. The summed E-state index contributed by atoms with van der Waals surface area (Å²) in [6, 6.07) is 3.86. The molecule has 19 heavy (non-hydrogen) atoms. The Kier molecular flexibility index (Phi) is 3.79. The largest absolute Gasteiger partial charge is 0.326 e. The standard InChI is InChI=1S/C10H7Cl2N3O3S/c11-8-4-7(5-14-10(8)16)19(17,18)15-6-1-2-13-9(12)3-6/h1-5H,(H,13,15)(H,14,16). The van der Waals surface area contributed by atoms with Gasteiger partial charge in [0.1, 0.15) is 15.1 Å². The molecule has 2 heterocycles. The van der Waals surface area contributed by atoms with Crippen LogP contribution in [0.1, 0.15) is 0 Å². The molecule has 0 aliphatic rings. The lowest BCUT2D eigenvalue weighted by Crippen LogP contribution is -2.16. The summed E-state index contributed by atoms with van der Waals surface area (Å²) >= 11 is 11.2. The van der Waals surface area contributed by atoms with Crippen LogP contribution in [0, 0.1) is 0 Å². The molecule has 0 aliphatic heterocycles. The SMILES string of the molecule is O=c1[nH]cc(S(=O)(=O)Nc2ccnc(Cl)c2)cc1Cl. The van der Waals surface area contributed by atoms with Crippen LogP contribution < -0.4 is 10.3 Å². The number of nitrogens with zero attached hydrogens (tertiary/aromatic N) is 1. The third-order valence-electron chi connectivity index (χ3n) is 2.12. The van der Waals surface area contributed by atoms with E-state index < -0.39 is 15.6 Å². The van der Waals surface area contributed by atoms with Crippen molar-refractivity contribution in [1.82, 2.24) is 9.97 Å². The van der Waals surface area contributed by atoms with Gasteiger partial charge in [0.05, 0.1) is 5.69 Å². The second kappa shape index (κ2) is 5.20. The van der Waals surface area contributed by atoms with Gasteiger partial charge in [-0.15, -0.1) is 0 Å². The van der Waals surface area contributed by atoms with Crippen LogP contribution in [-0.2, 0) is 10.0 Å². The predicted molar refractivity (Wildman–Crippen MR) is 72.1 cm³/mol. The van der Waals surface area contributed by atoms with Gasteiger partial charge in [0.15, 0.2) is 0 Å². The van der Waals surface area contributed by atoms with E-state index in [0.717, 1.165) is 12.3 Å². The number of anilines is 1. The van der Waals surface area contributed by atoms with Crippen LogP contribution in [-0.4, -0.2) is 18.4 Å². The molecular weight excluding hydrogens is 313 g/mol. The monoisotopic (exact) mass is 319 g/mol. The Morgan fingerprint density at radius 3 is 2.63 bits per heavy atom. The molecule has 0 saturated carbocycles. The summed E-state index contributed by atoms with van der Waals surface area (Å²) < 4.78 is 26.3. The van der Waals surface area contributed by atoms with Crippen molar-refractivity contribution in [2.45, 2.75) is 4.90 Å². The molecule has 0 atom stereocenters. The fourth-order valence-corrected chi connectivity index (χ4v) is 2.73. The van der Waals surface area contributed by atoms with Gasteiger partial charge in [-0.1, -0.05) is 23.2 Å². The van der Waals surface area contributed by atoms with Gasteiger partial charge in [0.25, 0.3) is 15.6 Å². The van der Waals surface area contributed by atoms with Crippen LogP contribution in [0.3, 0.4) is 0 Å². The first-order chi connectivity index (χ1) is 8.88. The summed E-state index contributed by atoms with van der Waals surface area (Å²) in [5, 5.41) is -0.0599. The molecule has 0 aromatic carbocycles. The molecule has 2 aromatic heterocycles. The fraction of sp³-hybridized carbons (Fsp3) is 0. The van der Waals surface area contributed by atoms with Crippen molar-refractivity contribution in [2.24, 2.45) is 0 Å². The fourth-order valence-electron chi connectivity index (χ4n) is 1.27. The predicted octanol–water partition coefficient (Wildman–Crippen LogP) is 1.88. The van der Waals surface area contributed by atoms with Crippen LogP contribution in [0.5, 0.6) is 0 Å². The highest BCUT2D eigenvalue weighted by molar-refractivity contribution is 7.92. The summed E-state index contributed by atoms with van der Waals surface area (Å²) in [5.74, 6) is 0. The number of hydrogen-bond acceptors (Lipinski definition) is 4. The molecule has 2 N–H and O–H groups in total. The molecule has 0 fully saturated rings. The first-order valence-corrected chi connectivity index (χ1v) is 7.15. The molecule has 9 heteroatoms. The Morgan fingerprint density at radius 2 is 2.00 bits per heavy atom. The quantitative estimate of drug-likeness (QED) is 0.845. The number of hydrogen-bond donors (Lipinski definition) is 2. The van der Waals surface area contributed by atoms with E-state index in [1.165, 1.54) is 18.3 Å². The number of rotatable bonds is 3. The number of aromatic amines is 1. The maximum Gasteiger partial charge on any atom is 0.266 e. The van der Waals surface area contributed by atoms with Crippen molar-refractivity contribution in [1.29, 1.82) is 0 Å². The van der Waals surface area contributed by atoms with E-state index in [1.807, 2.05) is 0 Å². The first-order valence-electron chi connectivity index (χ1n) is 4.91. The normalized spacial score (nSPS) is 11.3. The van der Waals surface area contributed by atoms with E-state index in [2.05, 4.69) is 14.7 Å². The maximum atomic E-state index is 12.0. The minimum Gasteiger partial charge on any atom is -0.326 e. The number of H-pyrrole nitrogens is 1. The summed E-state index contributed by atoms with van der Waals surface area (Å²) in [6.45, 7) is 0. The first kappa shape index (κ1) is 13.9. The molecule has 0 aliphatic carbocycles. The zero-order valence-corrected chi connectivity index (χ0v) is 11.6. The molecule has 0 radical (unpaired) electrons. The molecular formula is C10H7Cl2N3O3S. The highest BCUT2D eigenvalue weighted by Gasteiger charge is 2.16. The van der Waals surface area contributed by atoms with Gasteiger partial charge in [0.2, 0.25) is 0 Å². The highest BCUT2D eigenvalue weighted by Crippen LogP contribution is 2.18. The van der Waals surface area contributed by atoms with Crippen LogP contribution in [0.2, 0.25) is 10.2 Å². The lowest BCUT2D eigenvalue weighted by Gasteiger charge is -2.07. The number of halogens is 2. The van der Waals surface area contributed by atoms with Crippen molar-refractivity contribution < 1.29 is 8.42 Å². The topological polar surface area (TPSA) is 91.9 Å². The lowest BCUT2D eigenvalue weighted by atomic mass is 10.4. The van der Waals surface area contributed by atoms with E-state index in [-0.39, 0.29) is 20.8 Å². The van der Waals surface area contributed by atoms with Crippen LogP contribution in [0.15, 0.2) is 40.3 Å². The van der Waals surface area contributed by atoms with Crippen molar-refractivity contribution in [3.8, 4) is 0 Å². The molecule has 0 spiro atoms.